The molecule has 3 aromatic rings. The highest BCUT2D eigenvalue weighted by atomic mass is 16.6. The Hall–Kier alpha value is -3.87. The monoisotopic (exact) mass is 487 g/mol. The van der Waals surface area contributed by atoms with Crippen LogP contribution in [0.5, 0.6) is 0 Å². The second-order valence-electron chi connectivity index (χ2n) is 10.3. The number of rotatable bonds is 7. The van der Waals surface area contributed by atoms with Gasteiger partial charge in [-0.15, -0.1) is 0 Å². The molecular formula is C29H33N3O4. The third-order valence-electron chi connectivity index (χ3n) is 5.95. The Morgan fingerprint density at radius 3 is 2.28 bits per heavy atom. The lowest BCUT2D eigenvalue weighted by Crippen LogP contribution is -2.47. The summed E-state index contributed by atoms with van der Waals surface area (Å²) in [6.07, 6.45) is 0.951. The van der Waals surface area contributed by atoms with E-state index in [1.54, 1.807) is 25.7 Å². The first kappa shape index (κ1) is 25.2. The highest BCUT2D eigenvalue weighted by molar-refractivity contribution is 6.00. The summed E-state index contributed by atoms with van der Waals surface area (Å²) in [4.78, 5) is 40.9. The molecule has 0 aliphatic heterocycles. The zero-order chi connectivity index (χ0) is 25.9. The quantitative estimate of drug-likeness (QED) is 0.471. The van der Waals surface area contributed by atoms with Crippen molar-refractivity contribution in [3.8, 4) is 0 Å². The van der Waals surface area contributed by atoms with Crippen LogP contribution in [0.2, 0.25) is 0 Å². The number of carbonyl (C=O) groups excluding carboxylic acids is 3. The van der Waals surface area contributed by atoms with Crippen LogP contribution < -0.4 is 10.6 Å². The van der Waals surface area contributed by atoms with Gasteiger partial charge in [0.1, 0.15) is 18.2 Å². The lowest BCUT2D eigenvalue weighted by atomic mass is 10.0. The SMILES string of the molecule is Cc1ccc(C(C(=O)Nc2ccc3ccccc3c2)N(C(=O)CNC(=O)OC(C)(C)C)C2CC2)cc1. The van der Waals surface area contributed by atoms with Gasteiger partial charge < -0.3 is 20.3 Å². The van der Waals surface area contributed by atoms with Gasteiger partial charge in [-0.25, -0.2) is 4.79 Å². The van der Waals surface area contributed by atoms with Crippen LogP contribution in [-0.2, 0) is 14.3 Å². The minimum atomic E-state index is -0.836. The maximum Gasteiger partial charge on any atom is 0.408 e. The van der Waals surface area contributed by atoms with Crippen molar-refractivity contribution in [2.75, 3.05) is 11.9 Å². The van der Waals surface area contributed by atoms with Crippen molar-refractivity contribution in [2.45, 2.75) is 58.2 Å². The van der Waals surface area contributed by atoms with Gasteiger partial charge in [0.25, 0.3) is 5.91 Å². The topological polar surface area (TPSA) is 87.7 Å². The van der Waals surface area contributed by atoms with Gasteiger partial charge in [-0.05, 0) is 69.0 Å². The highest BCUT2D eigenvalue weighted by Crippen LogP contribution is 2.35. The number of hydrogen-bond acceptors (Lipinski definition) is 4. The summed E-state index contributed by atoms with van der Waals surface area (Å²) >= 11 is 0. The molecule has 2 N–H and O–H groups in total. The third kappa shape index (κ3) is 6.42. The van der Waals surface area contributed by atoms with E-state index >= 15 is 0 Å². The number of nitrogens with zero attached hydrogens (tertiary/aromatic N) is 1. The average Bonchev–Trinajstić information content (AvgIpc) is 3.65. The van der Waals surface area contributed by atoms with Crippen LogP contribution in [0.1, 0.15) is 50.8 Å². The lowest BCUT2D eigenvalue weighted by Gasteiger charge is -2.32. The van der Waals surface area contributed by atoms with Gasteiger partial charge in [0.15, 0.2) is 0 Å². The van der Waals surface area contributed by atoms with Crippen molar-refractivity contribution >= 4 is 34.4 Å². The predicted octanol–water partition coefficient (Wildman–Crippen LogP) is 5.34. The summed E-state index contributed by atoms with van der Waals surface area (Å²) in [7, 11) is 0. The Balaban J connectivity index is 1.59. The number of benzene rings is 3. The van der Waals surface area contributed by atoms with E-state index < -0.39 is 17.7 Å². The van der Waals surface area contributed by atoms with Crippen LogP contribution in [0.3, 0.4) is 0 Å². The normalized spacial score (nSPS) is 14.1. The molecule has 3 aromatic carbocycles. The number of aryl methyl sites for hydroxylation is 1. The Morgan fingerprint density at radius 2 is 1.64 bits per heavy atom. The van der Waals surface area contributed by atoms with Crippen LogP contribution in [-0.4, -0.2) is 41.0 Å². The molecule has 1 fully saturated rings. The number of fused-ring (bicyclic) bond motifs is 1. The molecule has 1 aliphatic rings. The van der Waals surface area contributed by atoms with Gasteiger partial charge in [0.2, 0.25) is 5.91 Å². The molecule has 0 aromatic heterocycles. The lowest BCUT2D eigenvalue weighted by molar-refractivity contribution is -0.138. The van der Waals surface area contributed by atoms with E-state index in [-0.39, 0.29) is 24.4 Å². The van der Waals surface area contributed by atoms with Gasteiger partial charge >= 0.3 is 6.09 Å². The van der Waals surface area contributed by atoms with Crippen LogP contribution in [0.25, 0.3) is 10.8 Å². The van der Waals surface area contributed by atoms with Crippen LogP contribution in [0.4, 0.5) is 10.5 Å². The first-order valence-electron chi connectivity index (χ1n) is 12.2. The first-order valence-corrected chi connectivity index (χ1v) is 12.2. The molecule has 1 atom stereocenters. The number of amides is 3. The van der Waals surface area contributed by atoms with Gasteiger partial charge in [-0.1, -0.05) is 60.2 Å². The molecule has 3 amide bonds. The Kier molecular flexibility index (Phi) is 7.29. The molecule has 0 heterocycles. The van der Waals surface area contributed by atoms with Crippen molar-refractivity contribution in [2.24, 2.45) is 0 Å². The fourth-order valence-electron chi connectivity index (χ4n) is 4.13. The number of hydrogen-bond donors (Lipinski definition) is 2. The van der Waals surface area contributed by atoms with Crippen molar-refractivity contribution in [3.63, 3.8) is 0 Å². The fourth-order valence-corrected chi connectivity index (χ4v) is 4.13. The Bertz CT molecular complexity index is 1260. The molecule has 7 nitrogen and oxygen atoms in total. The molecule has 1 unspecified atom stereocenters. The fraction of sp³-hybridized carbons (Fsp3) is 0.345. The van der Waals surface area contributed by atoms with Crippen molar-refractivity contribution < 1.29 is 19.1 Å². The second kappa shape index (κ2) is 10.4. The van der Waals surface area contributed by atoms with Gasteiger partial charge in [-0.3, -0.25) is 9.59 Å². The Labute approximate surface area is 211 Å². The van der Waals surface area contributed by atoms with Gasteiger partial charge in [0, 0.05) is 11.7 Å². The minimum absolute atomic E-state index is 0.0633. The molecule has 0 saturated heterocycles. The molecule has 0 bridgehead atoms. The molecule has 36 heavy (non-hydrogen) atoms. The predicted molar refractivity (Wildman–Crippen MR) is 141 cm³/mol. The largest absolute Gasteiger partial charge is 0.444 e. The summed E-state index contributed by atoms with van der Waals surface area (Å²) < 4.78 is 5.26. The van der Waals surface area contributed by atoms with Crippen molar-refractivity contribution in [1.82, 2.24) is 10.2 Å². The number of alkyl carbamates (subject to hydrolysis) is 1. The minimum Gasteiger partial charge on any atom is -0.444 e. The van der Waals surface area contributed by atoms with Crippen molar-refractivity contribution in [1.29, 1.82) is 0 Å². The average molecular weight is 488 g/mol. The molecule has 0 spiro atoms. The third-order valence-corrected chi connectivity index (χ3v) is 5.95. The molecule has 4 rings (SSSR count). The summed E-state index contributed by atoms with van der Waals surface area (Å²) in [5, 5.41) is 7.65. The summed E-state index contributed by atoms with van der Waals surface area (Å²) in [5.41, 5.74) is 1.76. The molecule has 1 saturated carbocycles. The number of carbonyl (C=O) groups is 3. The van der Waals surface area contributed by atoms with Crippen LogP contribution in [0.15, 0.2) is 66.7 Å². The highest BCUT2D eigenvalue weighted by Gasteiger charge is 2.41. The van der Waals surface area contributed by atoms with E-state index in [0.717, 1.165) is 34.7 Å². The van der Waals surface area contributed by atoms with E-state index in [4.69, 9.17) is 4.74 Å². The van der Waals surface area contributed by atoms with Crippen molar-refractivity contribution in [3.05, 3.63) is 77.9 Å². The number of anilines is 1. The smallest absolute Gasteiger partial charge is 0.408 e. The van der Waals surface area contributed by atoms with Crippen LogP contribution >= 0.6 is 0 Å². The molecule has 7 heteroatoms. The van der Waals surface area contributed by atoms with E-state index in [0.29, 0.717) is 5.69 Å². The van der Waals surface area contributed by atoms with E-state index in [9.17, 15) is 14.4 Å². The first-order chi connectivity index (χ1) is 17.1. The van der Waals surface area contributed by atoms with Gasteiger partial charge in [-0.2, -0.15) is 0 Å². The number of ether oxygens (including phenoxy) is 1. The maximum atomic E-state index is 13.7. The van der Waals surface area contributed by atoms with Gasteiger partial charge in [0.05, 0.1) is 0 Å². The Morgan fingerprint density at radius 1 is 0.972 bits per heavy atom. The standard InChI is InChI=1S/C29H33N3O4/c1-19-9-11-21(12-10-19)26(27(34)31-23-14-13-20-7-5-6-8-22(20)17-23)32(24-15-16-24)25(33)18-30-28(35)36-29(2,3)4/h5-14,17,24,26H,15-16,18H2,1-4H3,(H,30,35)(H,31,34). The zero-order valence-electron chi connectivity index (χ0n) is 21.2. The second-order valence-corrected chi connectivity index (χ2v) is 10.3. The summed E-state index contributed by atoms with van der Waals surface area (Å²) in [6.45, 7) is 7.00. The zero-order valence-corrected chi connectivity index (χ0v) is 21.2. The summed E-state index contributed by atoms with van der Waals surface area (Å²) in [6, 6.07) is 20.4. The number of nitrogens with one attached hydrogen (secondary N) is 2. The van der Waals surface area contributed by atoms with E-state index in [2.05, 4.69) is 10.6 Å². The van der Waals surface area contributed by atoms with E-state index in [1.165, 1.54) is 0 Å². The van der Waals surface area contributed by atoms with Crippen LogP contribution in [0, 0.1) is 6.92 Å². The molecule has 0 radical (unpaired) electrons. The molecule has 188 valence electrons. The molecule has 1 aliphatic carbocycles. The van der Waals surface area contributed by atoms with E-state index in [1.807, 2.05) is 73.7 Å². The molecular weight excluding hydrogens is 454 g/mol. The maximum absolute atomic E-state index is 13.7. The summed E-state index contributed by atoms with van der Waals surface area (Å²) in [5.74, 6) is -0.630.